The number of carbonyl (C=O) groups is 2. The van der Waals surface area contributed by atoms with Crippen LogP contribution in [-0.2, 0) is 22.7 Å². The first-order chi connectivity index (χ1) is 13.9. The van der Waals surface area contributed by atoms with Gasteiger partial charge < -0.3 is 20.6 Å². The lowest BCUT2D eigenvalue weighted by Crippen LogP contribution is -2.39. The molecule has 0 radical (unpaired) electrons. The summed E-state index contributed by atoms with van der Waals surface area (Å²) in [5.74, 6) is -1.55. The largest absolute Gasteiger partial charge is 0.388 e. The van der Waals surface area contributed by atoms with Gasteiger partial charge in [0.1, 0.15) is 12.4 Å². The Hall–Kier alpha value is -3.39. The van der Waals surface area contributed by atoms with Gasteiger partial charge in [-0.2, -0.15) is 0 Å². The second-order valence-corrected chi connectivity index (χ2v) is 6.67. The first kappa shape index (κ1) is 20.3. The lowest BCUT2D eigenvalue weighted by atomic mass is 10.1. The summed E-state index contributed by atoms with van der Waals surface area (Å²) >= 11 is 0. The van der Waals surface area contributed by atoms with E-state index in [4.69, 9.17) is 5.11 Å². The molecule has 0 bridgehead atoms. The highest BCUT2D eigenvalue weighted by molar-refractivity contribution is 5.97. The molecule has 2 amide bonds. The van der Waals surface area contributed by atoms with Crippen LogP contribution in [0.15, 0.2) is 43.0 Å². The number of nitrogens with zero attached hydrogens (tertiary/aromatic N) is 1. The number of aliphatic hydroxyl groups excluding tert-OH is 1. The van der Waals surface area contributed by atoms with Crippen molar-refractivity contribution in [1.82, 2.24) is 10.2 Å². The van der Waals surface area contributed by atoms with E-state index in [1.165, 1.54) is 6.07 Å². The van der Waals surface area contributed by atoms with E-state index < -0.39 is 18.4 Å². The Labute approximate surface area is 168 Å². The van der Waals surface area contributed by atoms with Crippen LogP contribution >= 0.6 is 0 Å². The van der Waals surface area contributed by atoms with Crippen molar-refractivity contribution in [2.45, 2.75) is 13.1 Å². The van der Waals surface area contributed by atoms with Crippen molar-refractivity contribution in [2.75, 3.05) is 30.8 Å². The number of nitrogens with one attached hydrogen (secondary N) is 3. The fraction of sp³-hybridized carbons (Fsp3) is 0.238. The Morgan fingerprint density at radius 3 is 2.76 bits per heavy atom. The molecular weight excluding hydrogens is 375 g/mol. The zero-order valence-electron chi connectivity index (χ0n) is 16.1. The zero-order valence-corrected chi connectivity index (χ0v) is 16.1. The molecule has 3 rings (SSSR count). The van der Waals surface area contributed by atoms with Crippen LogP contribution in [0, 0.1) is 5.82 Å². The molecule has 0 saturated carbocycles. The van der Waals surface area contributed by atoms with Gasteiger partial charge in [0.15, 0.2) is 0 Å². The highest BCUT2D eigenvalue weighted by atomic mass is 19.1. The van der Waals surface area contributed by atoms with E-state index in [2.05, 4.69) is 22.5 Å². The normalized spacial score (nSPS) is 12.5. The minimum absolute atomic E-state index is 0.0580. The maximum Gasteiger partial charge on any atom is 0.252 e. The topological polar surface area (TPSA) is 93.7 Å². The molecule has 0 spiro atoms. The molecule has 2 aromatic rings. The number of amides is 2. The van der Waals surface area contributed by atoms with Crippen molar-refractivity contribution in [2.24, 2.45) is 0 Å². The van der Waals surface area contributed by atoms with Crippen molar-refractivity contribution >= 4 is 28.9 Å². The average molecular weight is 398 g/mol. The maximum atomic E-state index is 14.1. The van der Waals surface area contributed by atoms with Gasteiger partial charge in [-0.3, -0.25) is 14.9 Å². The number of carbonyl (C=O) groups excluding carboxylic acids is 2. The molecule has 4 N–H and O–H groups in total. The number of imide groups is 1. The zero-order chi connectivity index (χ0) is 21.0. The smallest absolute Gasteiger partial charge is 0.252 e. The van der Waals surface area contributed by atoms with E-state index in [1.54, 1.807) is 24.1 Å². The third-order valence-electron chi connectivity index (χ3n) is 4.78. The van der Waals surface area contributed by atoms with Gasteiger partial charge in [0.25, 0.3) is 5.91 Å². The fourth-order valence-corrected chi connectivity index (χ4v) is 3.27. The summed E-state index contributed by atoms with van der Waals surface area (Å²) in [6.45, 7) is 3.97. The van der Waals surface area contributed by atoms with Crippen LogP contribution in [0.25, 0.3) is 5.70 Å². The Balaban J connectivity index is 1.72. The predicted molar refractivity (Wildman–Crippen MR) is 109 cm³/mol. The quantitative estimate of drug-likeness (QED) is 0.569. The molecular formula is C21H23FN4O3. The number of aliphatic hydroxyl groups is 1. The molecule has 8 heteroatoms. The summed E-state index contributed by atoms with van der Waals surface area (Å²) in [5, 5.41) is 17.1. The molecule has 0 unspecified atom stereocenters. The number of fused-ring (bicyclic) bond motifs is 1. The number of hydrogen-bond donors (Lipinski definition) is 4. The third-order valence-corrected chi connectivity index (χ3v) is 4.78. The van der Waals surface area contributed by atoms with Crippen LogP contribution in [-0.4, -0.2) is 42.0 Å². The molecule has 1 heterocycles. The van der Waals surface area contributed by atoms with Crippen LogP contribution in [0.4, 0.5) is 15.8 Å². The van der Waals surface area contributed by atoms with Gasteiger partial charge in [0.05, 0.1) is 6.54 Å². The summed E-state index contributed by atoms with van der Waals surface area (Å²) in [7, 11) is 1.78. The summed E-state index contributed by atoms with van der Waals surface area (Å²) in [5.41, 5.74) is 4.69. The lowest BCUT2D eigenvalue weighted by molar-refractivity contribution is -0.132. The first-order valence-corrected chi connectivity index (χ1v) is 9.12. The molecule has 2 aromatic carbocycles. The number of anilines is 2. The molecule has 0 aliphatic carbocycles. The summed E-state index contributed by atoms with van der Waals surface area (Å²) in [6.07, 6.45) is 0. The standard InChI is InChI=1S/C21H23FN4O3/c1-13-16-4-3-5-19(24-9-14-8-15(23-2)6-7-18(14)22)17(16)10-26(13)11-20(28)25-21(29)12-27/h3-8,23-24,27H,1,9-12H2,2H3,(H,25,28,29). The number of halogens is 1. The predicted octanol–water partition coefficient (Wildman–Crippen LogP) is 1.90. The molecule has 152 valence electrons. The highest BCUT2D eigenvalue weighted by Gasteiger charge is 2.26. The van der Waals surface area contributed by atoms with Crippen molar-refractivity contribution in [1.29, 1.82) is 0 Å². The third kappa shape index (κ3) is 4.55. The highest BCUT2D eigenvalue weighted by Crippen LogP contribution is 2.36. The van der Waals surface area contributed by atoms with E-state index >= 15 is 0 Å². The van der Waals surface area contributed by atoms with Crippen molar-refractivity contribution in [3.63, 3.8) is 0 Å². The second-order valence-electron chi connectivity index (χ2n) is 6.67. The summed E-state index contributed by atoms with van der Waals surface area (Å²) < 4.78 is 14.1. The Morgan fingerprint density at radius 2 is 2.03 bits per heavy atom. The average Bonchev–Trinajstić information content (AvgIpc) is 3.03. The van der Waals surface area contributed by atoms with Crippen molar-refractivity contribution < 1.29 is 19.1 Å². The van der Waals surface area contributed by atoms with Gasteiger partial charge in [-0.05, 0) is 24.3 Å². The molecule has 0 aromatic heterocycles. The van der Waals surface area contributed by atoms with Crippen LogP contribution < -0.4 is 16.0 Å². The van der Waals surface area contributed by atoms with E-state index in [1.807, 2.05) is 18.2 Å². The molecule has 29 heavy (non-hydrogen) atoms. The number of benzene rings is 2. The van der Waals surface area contributed by atoms with E-state index in [0.29, 0.717) is 24.4 Å². The number of hydrogen-bond acceptors (Lipinski definition) is 6. The van der Waals surface area contributed by atoms with E-state index in [-0.39, 0.29) is 12.4 Å². The molecule has 0 atom stereocenters. The van der Waals surface area contributed by atoms with Crippen molar-refractivity contribution in [3.05, 3.63) is 65.5 Å². The molecule has 0 saturated heterocycles. The Morgan fingerprint density at radius 1 is 1.24 bits per heavy atom. The van der Waals surface area contributed by atoms with E-state index in [9.17, 15) is 14.0 Å². The van der Waals surface area contributed by atoms with Crippen LogP contribution in [0.5, 0.6) is 0 Å². The van der Waals surface area contributed by atoms with Gasteiger partial charge in [-0.1, -0.05) is 18.7 Å². The molecule has 7 nitrogen and oxygen atoms in total. The fourth-order valence-electron chi connectivity index (χ4n) is 3.27. The van der Waals surface area contributed by atoms with Crippen LogP contribution in [0.3, 0.4) is 0 Å². The van der Waals surface area contributed by atoms with Gasteiger partial charge in [0.2, 0.25) is 5.91 Å². The second kappa shape index (κ2) is 8.74. The van der Waals surface area contributed by atoms with Crippen LogP contribution in [0.1, 0.15) is 16.7 Å². The summed E-state index contributed by atoms with van der Waals surface area (Å²) in [4.78, 5) is 24.9. The minimum atomic E-state index is -0.745. The Kier molecular flexibility index (Phi) is 6.13. The Bertz CT molecular complexity index is 961. The molecule has 1 aliphatic heterocycles. The lowest BCUT2D eigenvalue weighted by Gasteiger charge is -2.18. The monoisotopic (exact) mass is 398 g/mol. The van der Waals surface area contributed by atoms with Gasteiger partial charge in [-0.25, -0.2) is 4.39 Å². The molecule has 0 fully saturated rings. The molecule has 1 aliphatic rings. The SMILES string of the molecule is C=C1c2cccc(NCc3cc(NC)ccc3F)c2CN1CC(=O)NC(=O)CO. The van der Waals surface area contributed by atoms with Gasteiger partial charge in [0, 0.05) is 53.9 Å². The van der Waals surface area contributed by atoms with Crippen molar-refractivity contribution in [3.8, 4) is 0 Å². The van der Waals surface area contributed by atoms with E-state index in [0.717, 1.165) is 22.5 Å². The summed E-state index contributed by atoms with van der Waals surface area (Å²) in [6, 6.07) is 10.5. The maximum absolute atomic E-state index is 14.1. The van der Waals surface area contributed by atoms with Gasteiger partial charge >= 0.3 is 0 Å². The minimum Gasteiger partial charge on any atom is -0.388 e. The first-order valence-electron chi connectivity index (χ1n) is 9.12. The van der Waals surface area contributed by atoms with Gasteiger partial charge in [-0.15, -0.1) is 0 Å². The number of rotatable bonds is 7. The van der Waals surface area contributed by atoms with Crippen LogP contribution in [0.2, 0.25) is 0 Å².